The zero-order chi connectivity index (χ0) is 20.2. The van der Waals surface area contributed by atoms with Crippen LogP contribution >= 0.6 is 0 Å². The number of carboxylic acids is 1. The van der Waals surface area contributed by atoms with Gasteiger partial charge in [-0.3, -0.25) is 9.97 Å². The predicted molar refractivity (Wildman–Crippen MR) is 91.9 cm³/mol. The minimum Gasteiger partial charge on any atom is -0.475 e. The molecule has 0 unspecified atom stereocenters. The minimum absolute atomic E-state index is 0.182. The number of nitriles is 1. The highest BCUT2D eigenvalue weighted by Crippen LogP contribution is 2.29. The van der Waals surface area contributed by atoms with E-state index in [1.807, 2.05) is 12.1 Å². The smallest absolute Gasteiger partial charge is 0.475 e. The van der Waals surface area contributed by atoms with E-state index in [1.165, 1.54) is 0 Å². The summed E-state index contributed by atoms with van der Waals surface area (Å²) in [5.41, 5.74) is 9.16. The average molecular weight is 381 g/mol. The number of benzene rings is 1. The molecule has 0 spiro atoms. The second kappa shape index (κ2) is 8.18. The van der Waals surface area contributed by atoms with Crippen molar-refractivity contribution in [3.05, 3.63) is 30.1 Å². The maximum absolute atomic E-state index is 10.6. The van der Waals surface area contributed by atoms with Gasteiger partial charge in [-0.1, -0.05) is 6.92 Å². The molecule has 1 saturated heterocycles. The third-order valence-corrected chi connectivity index (χ3v) is 4.00. The summed E-state index contributed by atoms with van der Waals surface area (Å²) < 4.78 is 31.7. The molecular formula is C17H18F3N5O2. The van der Waals surface area contributed by atoms with Gasteiger partial charge in [0.1, 0.15) is 17.1 Å². The summed E-state index contributed by atoms with van der Waals surface area (Å²) in [7, 11) is 0. The zero-order valence-electron chi connectivity index (χ0n) is 14.4. The van der Waals surface area contributed by atoms with E-state index in [-0.39, 0.29) is 6.04 Å². The molecular weight excluding hydrogens is 363 g/mol. The van der Waals surface area contributed by atoms with E-state index in [9.17, 15) is 13.2 Å². The molecule has 2 aromatic rings. The van der Waals surface area contributed by atoms with Crippen LogP contribution in [-0.4, -0.2) is 46.4 Å². The molecule has 3 rings (SSSR count). The van der Waals surface area contributed by atoms with Crippen molar-refractivity contribution in [2.45, 2.75) is 25.6 Å². The van der Waals surface area contributed by atoms with Gasteiger partial charge in [0, 0.05) is 31.5 Å². The van der Waals surface area contributed by atoms with Gasteiger partial charge in [0.15, 0.2) is 0 Å². The summed E-state index contributed by atoms with van der Waals surface area (Å²) >= 11 is 0. The molecule has 1 fully saturated rings. The molecule has 0 aliphatic carbocycles. The molecule has 1 aromatic carbocycles. The van der Waals surface area contributed by atoms with Gasteiger partial charge < -0.3 is 15.7 Å². The van der Waals surface area contributed by atoms with Crippen LogP contribution in [0.15, 0.2) is 24.5 Å². The lowest BCUT2D eigenvalue weighted by molar-refractivity contribution is -0.192. The lowest BCUT2D eigenvalue weighted by Gasteiger charge is -2.36. The van der Waals surface area contributed by atoms with Gasteiger partial charge in [0.05, 0.1) is 11.3 Å². The number of hydrogen-bond acceptors (Lipinski definition) is 6. The topological polar surface area (TPSA) is 116 Å². The van der Waals surface area contributed by atoms with Crippen LogP contribution in [0.1, 0.15) is 18.9 Å². The van der Waals surface area contributed by atoms with Crippen LogP contribution < -0.4 is 10.6 Å². The van der Waals surface area contributed by atoms with Crippen LogP contribution in [0.2, 0.25) is 0 Å². The van der Waals surface area contributed by atoms with Gasteiger partial charge in [-0.05, 0) is 24.5 Å². The molecule has 1 aliphatic heterocycles. The van der Waals surface area contributed by atoms with Gasteiger partial charge in [0.25, 0.3) is 0 Å². The Morgan fingerprint density at radius 1 is 1.30 bits per heavy atom. The van der Waals surface area contributed by atoms with Crippen LogP contribution in [0.4, 0.5) is 18.9 Å². The number of nitrogens with two attached hydrogens (primary N) is 1. The van der Waals surface area contributed by atoms with Gasteiger partial charge in [0.2, 0.25) is 0 Å². The molecule has 1 aliphatic rings. The number of alkyl halides is 3. The van der Waals surface area contributed by atoms with Crippen LogP contribution in [0, 0.1) is 17.2 Å². The Morgan fingerprint density at radius 3 is 2.41 bits per heavy atom. The summed E-state index contributed by atoms with van der Waals surface area (Å²) in [5.74, 6) is -2.20. The molecule has 3 N–H and O–H groups in total. The van der Waals surface area contributed by atoms with Crippen LogP contribution in [0.3, 0.4) is 0 Å². The lowest BCUT2D eigenvalue weighted by Crippen LogP contribution is -2.46. The van der Waals surface area contributed by atoms with E-state index >= 15 is 0 Å². The summed E-state index contributed by atoms with van der Waals surface area (Å²) in [6.07, 6.45) is -0.742. The molecule has 144 valence electrons. The maximum atomic E-state index is 10.6. The normalized spacial score (nSPS) is 19.8. The third-order valence-electron chi connectivity index (χ3n) is 4.00. The SMILES string of the molecule is C[C@H]1C[C@@H](N)CN(c2ccc(C#N)c3nccnc23)C1.O=C(O)C(F)(F)F. The molecule has 2 atom stereocenters. The van der Waals surface area contributed by atoms with Crippen LogP contribution in [0.25, 0.3) is 11.0 Å². The first kappa shape index (κ1) is 20.4. The Morgan fingerprint density at radius 2 is 1.89 bits per heavy atom. The molecule has 10 heteroatoms. The van der Waals surface area contributed by atoms with E-state index in [2.05, 4.69) is 27.9 Å². The Labute approximate surface area is 153 Å². The number of fused-ring (bicyclic) bond motifs is 1. The van der Waals surface area contributed by atoms with Crippen molar-refractivity contribution in [2.75, 3.05) is 18.0 Å². The van der Waals surface area contributed by atoms with E-state index in [0.717, 1.165) is 30.7 Å². The van der Waals surface area contributed by atoms with Crippen molar-refractivity contribution in [1.29, 1.82) is 5.26 Å². The predicted octanol–water partition coefficient (Wildman–Crippen LogP) is 2.31. The monoisotopic (exact) mass is 381 g/mol. The summed E-state index contributed by atoms with van der Waals surface area (Å²) in [6.45, 7) is 4.00. The Bertz CT molecular complexity index is 856. The first-order valence-corrected chi connectivity index (χ1v) is 8.08. The molecule has 0 radical (unpaired) electrons. The van der Waals surface area contributed by atoms with Gasteiger partial charge in [-0.25, -0.2) is 4.79 Å². The second-order valence-electron chi connectivity index (χ2n) is 6.31. The van der Waals surface area contributed by atoms with Crippen molar-refractivity contribution < 1.29 is 23.1 Å². The first-order chi connectivity index (χ1) is 12.6. The fourth-order valence-electron chi connectivity index (χ4n) is 2.98. The summed E-state index contributed by atoms with van der Waals surface area (Å²) in [6, 6.07) is 6.13. The number of aliphatic carboxylic acids is 1. The van der Waals surface area contributed by atoms with Gasteiger partial charge in [-0.2, -0.15) is 18.4 Å². The highest BCUT2D eigenvalue weighted by Gasteiger charge is 2.38. The summed E-state index contributed by atoms with van der Waals surface area (Å²) in [4.78, 5) is 19.9. The van der Waals surface area contributed by atoms with E-state index < -0.39 is 12.1 Å². The number of hydrogen-bond donors (Lipinski definition) is 2. The standard InChI is InChI=1S/C15H17N5.C2HF3O2/c1-10-6-12(17)9-20(8-10)13-3-2-11(7-16)14-15(13)19-5-4-18-14;3-2(4,5)1(6)7/h2-5,10,12H,6,8-9,17H2,1H3;(H,6,7)/t10-,12+;/m0./s1. The largest absolute Gasteiger partial charge is 0.490 e. The number of aromatic nitrogens is 2. The molecule has 27 heavy (non-hydrogen) atoms. The number of carbonyl (C=O) groups is 1. The molecule has 1 aromatic heterocycles. The number of halogens is 3. The highest BCUT2D eigenvalue weighted by atomic mass is 19.4. The lowest BCUT2D eigenvalue weighted by atomic mass is 9.96. The Kier molecular flexibility index (Phi) is 6.17. The third kappa shape index (κ3) is 5.04. The fraction of sp³-hybridized carbons (Fsp3) is 0.412. The van der Waals surface area contributed by atoms with Crippen molar-refractivity contribution in [2.24, 2.45) is 11.7 Å². The number of carboxylic acid groups (broad SMARTS) is 1. The second-order valence-corrected chi connectivity index (χ2v) is 6.31. The average Bonchev–Trinajstić information content (AvgIpc) is 2.59. The molecule has 0 bridgehead atoms. The van der Waals surface area contributed by atoms with Gasteiger partial charge >= 0.3 is 12.1 Å². The zero-order valence-corrected chi connectivity index (χ0v) is 14.4. The number of rotatable bonds is 1. The van der Waals surface area contributed by atoms with E-state index in [0.29, 0.717) is 17.0 Å². The van der Waals surface area contributed by atoms with Crippen molar-refractivity contribution in [1.82, 2.24) is 9.97 Å². The Hall–Kier alpha value is -2.93. The van der Waals surface area contributed by atoms with Crippen molar-refractivity contribution in [3.8, 4) is 6.07 Å². The molecule has 0 saturated carbocycles. The molecule has 7 nitrogen and oxygen atoms in total. The number of anilines is 1. The minimum atomic E-state index is -5.08. The molecule has 2 heterocycles. The van der Waals surface area contributed by atoms with Crippen LogP contribution in [-0.2, 0) is 4.79 Å². The van der Waals surface area contributed by atoms with Gasteiger partial charge in [-0.15, -0.1) is 0 Å². The van der Waals surface area contributed by atoms with E-state index in [1.54, 1.807) is 12.4 Å². The van der Waals surface area contributed by atoms with Crippen molar-refractivity contribution in [3.63, 3.8) is 0 Å². The van der Waals surface area contributed by atoms with Crippen LogP contribution in [0.5, 0.6) is 0 Å². The number of nitrogens with zero attached hydrogens (tertiary/aromatic N) is 4. The first-order valence-electron chi connectivity index (χ1n) is 8.08. The molecule has 0 amide bonds. The quantitative estimate of drug-likeness (QED) is 0.778. The Balaban J connectivity index is 0.000000321. The fourth-order valence-corrected chi connectivity index (χ4v) is 2.98. The summed E-state index contributed by atoms with van der Waals surface area (Å²) in [5, 5.41) is 16.3. The number of piperidine rings is 1. The van der Waals surface area contributed by atoms with E-state index in [4.69, 9.17) is 20.9 Å². The van der Waals surface area contributed by atoms with Crippen molar-refractivity contribution >= 4 is 22.7 Å². The maximum Gasteiger partial charge on any atom is 0.490 e. The highest BCUT2D eigenvalue weighted by molar-refractivity contribution is 5.92.